The van der Waals surface area contributed by atoms with Crippen LogP contribution in [0.5, 0.6) is 0 Å². The van der Waals surface area contributed by atoms with Gasteiger partial charge in [-0.15, -0.1) is 24.0 Å². The molecule has 0 spiro atoms. The fraction of sp³-hybridized carbons (Fsp3) is 0.435. The van der Waals surface area contributed by atoms with Gasteiger partial charge in [0, 0.05) is 38.4 Å². The molecule has 0 aromatic heterocycles. The third kappa shape index (κ3) is 7.34. The van der Waals surface area contributed by atoms with Crippen molar-refractivity contribution in [3.63, 3.8) is 0 Å². The zero-order valence-electron chi connectivity index (χ0n) is 16.8. The molecule has 1 heterocycles. The van der Waals surface area contributed by atoms with Crippen LogP contribution in [-0.4, -0.2) is 38.7 Å². The van der Waals surface area contributed by atoms with E-state index in [1.165, 1.54) is 17.7 Å². The molecular formula is C23H33IN4. The van der Waals surface area contributed by atoms with Gasteiger partial charge in [-0.3, -0.25) is 4.99 Å². The topological polar surface area (TPSA) is 39.7 Å². The summed E-state index contributed by atoms with van der Waals surface area (Å²) in [4.78, 5) is 7.31. The van der Waals surface area contributed by atoms with Gasteiger partial charge in [0.1, 0.15) is 0 Å². The second-order valence-electron chi connectivity index (χ2n) is 7.17. The number of aliphatic imine (C=N–C) groups is 1. The monoisotopic (exact) mass is 492 g/mol. The molecule has 1 saturated heterocycles. The summed E-state index contributed by atoms with van der Waals surface area (Å²) in [5, 5.41) is 6.86. The predicted octanol–water partition coefficient (Wildman–Crippen LogP) is 4.32. The van der Waals surface area contributed by atoms with Crippen LogP contribution in [0.2, 0.25) is 0 Å². The minimum absolute atomic E-state index is 0. The van der Waals surface area contributed by atoms with Crippen molar-refractivity contribution in [2.75, 3.05) is 37.6 Å². The van der Waals surface area contributed by atoms with Gasteiger partial charge in [-0.25, -0.2) is 0 Å². The highest BCUT2D eigenvalue weighted by atomic mass is 127. The zero-order chi connectivity index (χ0) is 18.7. The second kappa shape index (κ2) is 12.6. The second-order valence-corrected chi connectivity index (χ2v) is 7.17. The first kappa shape index (κ1) is 22.5. The molecule has 1 fully saturated rings. The number of hydrogen-bond donors (Lipinski definition) is 2. The molecule has 1 aliphatic rings. The normalized spacial score (nSPS) is 16.5. The average molecular weight is 492 g/mol. The largest absolute Gasteiger partial charge is 0.371 e. The summed E-state index contributed by atoms with van der Waals surface area (Å²) >= 11 is 0. The van der Waals surface area contributed by atoms with Gasteiger partial charge in [0.05, 0.1) is 0 Å². The fourth-order valence-corrected chi connectivity index (χ4v) is 3.56. The number of nitrogens with one attached hydrogen (secondary N) is 2. The standard InChI is InChI=1S/C23H32N4.HI/c1-2-24-23(25-16-9-12-20-10-5-3-6-11-20)26-18-21-15-17-27(19-21)22-13-7-4-8-14-22;/h3-8,10-11,13-14,21H,2,9,12,15-19H2,1H3,(H2,24,25,26);1H. The number of rotatable bonds is 8. The van der Waals surface area contributed by atoms with E-state index < -0.39 is 0 Å². The van der Waals surface area contributed by atoms with Crippen molar-refractivity contribution >= 4 is 35.6 Å². The molecule has 4 nitrogen and oxygen atoms in total. The molecule has 2 aromatic carbocycles. The van der Waals surface area contributed by atoms with E-state index in [1.54, 1.807) is 0 Å². The van der Waals surface area contributed by atoms with E-state index >= 15 is 0 Å². The lowest BCUT2D eigenvalue weighted by Crippen LogP contribution is -2.38. The molecule has 2 N–H and O–H groups in total. The Morgan fingerprint density at radius 2 is 1.75 bits per heavy atom. The van der Waals surface area contributed by atoms with Crippen molar-refractivity contribution in [1.29, 1.82) is 0 Å². The molecular weight excluding hydrogens is 459 g/mol. The van der Waals surface area contributed by atoms with Crippen molar-refractivity contribution in [3.05, 3.63) is 66.2 Å². The summed E-state index contributed by atoms with van der Waals surface area (Å²) < 4.78 is 0. The molecule has 0 radical (unpaired) electrons. The summed E-state index contributed by atoms with van der Waals surface area (Å²) in [6, 6.07) is 21.4. The van der Waals surface area contributed by atoms with Crippen LogP contribution in [0.3, 0.4) is 0 Å². The first-order valence-electron chi connectivity index (χ1n) is 10.2. The van der Waals surface area contributed by atoms with Gasteiger partial charge >= 0.3 is 0 Å². The Balaban J connectivity index is 0.00000280. The number of anilines is 1. The average Bonchev–Trinajstić information content (AvgIpc) is 3.20. The number of para-hydroxylation sites is 1. The molecule has 3 rings (SSSR count). The molecule has 28 heavy (non-hydrogen) atoms. The van der Waals surface area contributed by atoms with Crippen LogP contribution in [0.1, 0.15) is 25.3 Å². The maximum Gasteiger partial charge on any atom is 0.191 e. The SMILES string of the molecule is CCNC(=NCC1CCN(c2ccccc2)C1)NCCCc1ccccc1.I. The molecule has 0 amide bonds. The molecule has 1 aliphatic heterocycles. The quantitative estimate of drug-likeness (QED) is 0.250. The van der Waals surface area contributed by atoms with E-state index in [4.69, 9.17) is 4.99 Å². The number of aryl methyl sites for hydroxylation is 1. The van der Waals surface area contributed by atoms with Gasteiger partial charge in [0.15, 0.2) is 5.96 Å². The van der Waals surface area contributed by atoms with Crippen LogP contribution in [-0.2, 0) is 6.42 Å². The highest BCUT2D eigenvalue weighted by Gasteiger charge is 2.22. The number of nitrogens with zero attached hydrogens (tertiary/aromatic N) is 2. The smallest absolute Gasteiger partial charge is 0.191 e. The third-order valence-electron chi connectivity index (χ3n) is 5.04. The number of halogens is 1. The van der Waals surface area contributed by atoms with Crippen molar-refractivity contribution < 1.29 is 0 Å². The molecule has 0 aliphatic carbocycles. The Morgan fingerprint density at radius 3 is 2.46 bits per heavy atom. The zero-order valence-corrected chi connectivity index (χ0v) is 19.1. The van der Waals surface area contributed by atoms with Crippen LogP contribution in [0, 0.1) is 5.92 Å². The van der Waals surface area contributed by atoms with E-state index in [0.717, 1.165) is 51.5 Å². The lowest BCUT2D eigenvalue weighted by Gasteiger charge is -2.18. The molecule has 5 heteroatoms. The number of hydrogen-bond acceptors (Lipinski definition) is 2. The minimum Gasteiger partial charge on any atom is -0.371 e. The van der Waals surface area contributed by atoms with Crippen molar-refractivity contribution in [3.8, 4) is 0 Å². The Labute approximate surface area is 186 Å². The molecule has 2 aromatic rings. The van der Waals surface area contributed by atoms with Crippen LogP contribution in [0.15, 0.2) is 65.7 Å². The van der Waals surface area contributed by atoms with Gasteiger partial charge in [0.25, 0.3) is 0 Å². The van der Waals surface area contributed by atoms with Crippen LogP contribution in [0.4, 0.5) is 5.69 Å². The maximum atomic E-state index is 4.84. The molecule has 1 atom stereocenters. The molecule has 1 unspecified atom stereocenters. The van der Waals surface area contributed by atoms with Crippen LogP contribution >= 0.6 is 24.0 Å². The van der Waals surface area contributed by atoms with E-state index in [9.17, 15) is 0 Å². The predicted molar refractivity (Wildman–Crippen MR) is 131 cm³/mol. The van der Waals surface area contributed by atoms with Gasteiger partial charge in [0.2, 0.25) is 0 Å². The minimum atomic E-state index is 0. The maximum absolute atomic E-state index is 4.84. The van der Waals surface area contributed by atoms with E-state index in [1.807, 2.05) is 0 Å². The first-order valence-corrected chi connectivity index (χ1v) is 10.2. The van der Waals surface area contributed by atoms with Gasteiger partial charge in [-0.1, -0.05) is 48.5 Å². The Kier molecular flexibility index (Phi) is 10.2. The van der Waals surface area contributed by atoms with Crippen LogP contribution < -0.4 is 15.5 Å². The third-order valence-corrected chi connectivity index (χ3v) is 5.04. The Bertz CT molecular complexity index is 690. The fourth-order valence-electron chi connectivity index (χ4n) is 3.56. The summed E-state index contributed by atoms with van der Waals surface area (Å²) in [7, 11) is 0. The van der Waals surface area contributed by atoms with E-state index in [-0.39, 0.29) is 24.0 Å². The summed E-state index contributed by atoms with van der Waals surface area (Å²) in [5.74, 6) is 1.58. The van der Waals surface area contributed by atoms with Gasteiger partial charge in [-0.05, 0) is 49.8 Å². The lowest BCUT2D eigenvalue weighted by molar-refractivity contribution is 0.598. The Morgan fingerprint density at radius 1 is 1.04 bits per heavy atom. The highest BCUT2D eigenvalue weighted by Crippen LogP contribution is 2.23. The van der Waals surface area contributed by atoms with Crippen LogP contribution in [0.25, 0.3) is 0 Å². The number of guanidine groups is 1. The molecule has 0 saturated carbocycles. The van der Waals surface area contributed by atoms with Crippen molar-refractivity contribution in [2.24, 2.45) is 10.9 Å². The summed E-state index contributed by atoms with van der Waals surface area (Å²) in [5.41, 5.74) is 2.73. The first-order chi connectivity index (χ1) is 13.3. The molecule has 0 bridgehead atoms. The van der Waals surface area contributed by atoms with Crippen molar-refractivity contribution in [2.45, 2.75) is 26.2 Å². The summed E-state index contributed by atoms with van der Waals surface area (Å²) in [6.45, 7) is 7.07. The van der Waals surface area contributed by atoms with Gasteiger partial charge in [-0.2, -0.15) is 0 Å². The van der Waals surface area contributed by atoms with Crippen molar-refractivity contribution in [1.82, 2.24) is 10.6 Å². The van der Waals surface area contributed by atoms with E-state index in [2.05, 4.69) is 83.1 Å². The summed E-state index contributed by atoms with van der Waals surface area (Å²) in [6.07, 6.45) is 3.42. The molecule has 152 valence electrons. The number of benzene rings is 2. The lowest BCUT2D eigenvalue weighted by atomic mass is 10.1. The highest BCUT2D eigenvalue weighted by molar-refractivity contribution is 14.0. The Hall–Kier alpha value is -1.76. The van der Waals surface area contributed by atoms with Gasteiger partial charge < -0.3 is 15.5 Å². The van der Waals surface area contributed by atoms with E-state index in [0.29, 0.717) is 5.92 Å².